The van der Waals surface area contributed by atoms with Crippen LogP contribution in [0.3, 0.4) is 0 Å². The lowest BCUT2D eigenvalue weighted by atomic mass is 10.2. The second-order valence-corrected chi connectivity index (χ2v) is 10.7. The fourth-order valence-corrected chi connectivity index (χ4v) is 5.92. The highest BCUT2D eigenvalue weighted by molar-refractivity contribution is 7.93. The summed E-state index contributed by atoms with van der Waals surface area (Å²) in [6.45, 7) is 1.95. The molecule has 1 N–H and O–H groups in total. The van der Waals surface area contributed by atoms with Crippen molar-refractivity contribution in [3.63, 3.8) is 0 Å². The van der Waals surface area contributed by atoms with Gasteiger partial charge < -0.3 is 14.4 Å². The van der Waals surface area contributed by atoms with Gasteiger partial charge in [0.15, 0.2) is 5.13 Å². The third-order valence-corrected chi connectivity index (χ3v) is 8.14. The number of nitrogens with zero attached hydrogens (tertiary/aromatic N) is 4. The minimum absolute atomic E-state index is 0.0114. The lowest BCUT2D eigenvalue weighted by Crippen LogP contribution is -2.51. The summed E-state index contributed by atoms with van der Waals surface area (Å²) in [6.07, 6.45) is 3.36. The second kappa shape index (κ2) is 9.51. The van der Waals surface area contributed by atoms with Crippen molar-refractivity contribution < 1.29 is 18.0 Å². The Morgan fingerprint density at radius 1 is 0.971 bits per heavy atom. The van der Waals surface area contributed by atoms with E-state index in [0.717, 1.165) is 16.6 Å². The highest BCUT2D eigenvalue weighted by Crippen LogP contribution is 2.22. The molecular formula is C24H23N5O4S2. The van der Waals surface area contributed by atoms with Crippen molar-refractivity contribution in [2.45, 2.75) is 11.4 Å². The van der Waals surface area contributed by atoms with E-state index in [-0.39, 0.29) is 11.4 Å². The molecule has 0 atom stereocenters. The Morgan fingerprint density at radius 2 is 1.71 bits per heavy atom. The molecule has 1 saturated heterocycles. The first-order chi connectivity index (χ1) is 16.9. The number of carbonyl (C=O) groups is 2. The molecule has 1 aliphatic heterocycles. The van der Waals surface area contributed by atoms with E-state index in [2.05, 4.69) is 14.6 Å². The molecule has 1 amide bonds. The molecular weight excluding hydrogens is 486 g/mol. The van der Waals surface area contributed by atoms with Gasteiger partial charge in [0, 0.05) is 55.2 Å². The van der Waals surface area contributed by atoms with Crippen molar-refractivity contribution in [1.82, 2.24) is 14.5 Å². The molecule has 4 aromatic rings. The predicted molar refractivity (Wildman–Crippen MR) is 135 cm³/mol. The minimum Gasteiger partial charge on any atom is -0.368 e. The Bertz CT molecular complexity index is 1460. The quantitative estimate of drug-likeness (QED) is 0.384. The zero-order valence-corrected chi connectivity index (χ0v) is 20.3. The summed E-state index contributed by atoms with van der Waals surface area (Å²) in [6, 6.07) is 16.3. The molecule has 0 unspecified atom stereocenters. The summed E-state index contributed by atoms with van der Waals surface area (Å²) in [4.78, 5) is 33.2. The number of rotatable bonds is 7. The van der Waals surface area contributed by atoms with Gasteiger partial charge in [0.2, 0.25) is 5.78 Å². The molecule has 0 bridgehead atoms. The number of nitrogens with one attached hydrogen (secondary N) is 1. The number of amides is 1. The Labute approximate surface area is 206 Å². The van der Waals surface area contributed by atoms with E-state index in [9.17, 15) is 18.0 Å². The van der Waals surface area contributed by atoms with Crippen LogP contribution in [0, 0.1) is 0 Å². The van der Waals surface area contributed by atoms with E-state index in [0.29, 0.717) is 31.3 Å². The Kier molecular flexibility index (Phi) is 6.27. The number of hydrogen-bond acceptors (Lipinski definition) is 7. The van der Waals surface area contributed by atoms with E-state index >= 15 is 0 Å². The molecule has 0 radical (unpaired) electrons. The molecule has 0 spiro atoms. The summed E-state index contributed by atoms with van der Waals surface area (Å²) in [5.74, 6) is -0.917. The first kappa shape index (κ1) is 23.1. The number of fused-ring (bicyclic) bond motifs is 1. The monoisotopic (exact) mass is 509 g/mol. The van der Waals surface area contributed by atoms with Gasteiger partial charge in [-0.3, -0.25) is 14.3 Å². The van der Waals surface area contributed by atoms with Crippen LogP contribution in [0.15, 0.2) is 77.3 Å². The van der Waals surface area contributed by atoms with Crippen LogP contribution in [0.4, 0.5) is 10.8 Å². The van der Waals surface area contributed by atoms with Gasteiger partial charge in [0.05, 0.1) is 11.4 Å². The normalized spacial score (nSPS) is 14.3. The van der Waals surface area contributed by atoms with Crippen LogP contribution < -0.4 is 9.62 Å². The number of benzene rings is 2. The van der Waals surface area contributed by atoms with Crippen molar-refractivity contribution in [2.75, 3.05) is 35.8 Å². The van der Waals surface area contributed by atoms with Crippen LogP contribution in [0.1, 0.15) is 0 Å². The maximum Gasteiger partial charge on any atom is 0.292 e. The van der Waals surface area contributed by atoms with E-state index in [4.69, 9.17) is 0 Å². The molecule has 0 aliphatic carbocycles. The number of ketones is 1. The van der Waals surface area contributed by atoms with Crippen LogP contribution in [0.5, 0.6) is 0 Å². The van der Waals surface area contributed by atoms with Gasteiger partial charge in [-0.2, -0.15) is 0 Å². The third kappa shape index (κ3) is 4.91. The third-order valence-electron chi connectivity index (χ3n) is 5.97. The summed E-state index contributed by atoms with van der Waals surface area (Å²) in [5.41, 5.74) is 1.78. The molecule has 35 heavy (non-hydrogen) atoms. The number of para-hydroxylation sites is 1. The van der Waals surface area contributed by atoms with Crippen LogP contribution >= 0.6 is 11.3 Å². The Balaban J connectivity index is 1.17. The van der Waals surface area contributed by atoms with Gasteiger partial charge in [-0.1, -0.05) is 18.2 Å². The van der Waals surface area contributed by atoms with Gasteiger partial charge in [0.25, 0.3) is 15.9 Å². The lowest BCUT2D eigenvalue weighted by molar-refractivity contribution is -0.145. The summed E-state index contributed by atoms with van der Waals surface area (Å²) in [5, 5.41) is 3.04. The molecule has 1 fully saturated rings. The number of aromatic nitrogens is 2. The summed E-state index contributed by atoms with van der Waals surface area (Å²) in [7, 11) is -3.71. The molecule has 5 rings (SSSR count). The molecule has 180 valence electrons. The van der Waals surface area contributed by atoms with Crippen molar-refractivity contribution in [3.8, 4) is 0 Å². The van der Waals surface area contributed by atoms with Gasteiger partial charge in [-0.25, -0.2) is 13.4 Å². The largest absolute Gasteiger partial charge is 0.368 e. The van der Waals surface area contributed by atoms with Crippen molar-refractivity contribution in [2.24, 2.45) is 0 Å². The van der Waals surface area contributed by atoms with Crippen molar-refractivity contribution in [3.05, 3.63) is 72.4 Å². The van der Waals surface area contributed by atoms with E-state index in [1.165, 1.54) is 17.5 Å². The second-order valence-electron chi connectivity index (χ2n) is 8.14. The van der Waals surface area contributed by atoms with Crippen LogP contribution in [0.25, 0.3) is 10.9 Å². The van der Waals surface area contributed by atoms with Crippen molar-refractivity contribution in [1.29, 1.82) is 0 Å². The number of sulfonamides is 1. The van der Waals surface area contributed by atoms with Crippen LogP contribution in [-0.4, -0.2) is 60.7 Å². The standard InChI is InChI=1S/C24H23N5O4S2/c30-22(17-29-11-9-18-3-1-2-4-21(18)29)23(31)28-14-12-27(13-15-28)19-5-7-20(8-6-19)35(32,33)26-24-25-10-16-34-24/h1-11,16H,12-15,17H2,(H,25,26). The van der Waals surface area contributed by atoms with Gasteiger partial charge >= 0.3 is 0 Å². The average Bonchev–Trinajstić information content (AvgIpc) is 3.53. The van der Waals surface area contributed by atoms with E-state index in [1.54, 1.807) is 39.1 Å². The highest BCUT2D eigenvalue weighted by Gasteiger charge is 2.26. The lowest BCUT2D eigenvalue weighted by Gasteiger charge is -2.35. The summed E-state index contributed by atoms with van der Waals surface area (Å²) >= 11 is 1.21. The zero-order chi connectivity index (χ0) is 24.4. The number of thiazole rings is 1. The first-order valence-corrected chi connectivity index (χ1v) is 13.4. The Hall–Kier alpha value is -3.70. The summed E-state index contributed by atoms with van der Waals surface area (Å²) < 4.78 is 29.3. The topological polar surface area (TPSA) is 105 Å². The Morgan fingerprint density at radius 3 is 2.43 bits per heavy atom. The smallest absolute Gasteiger partial charge is 0.292 e. The van der Waals surface area contributed by atoms with Crippen molar-refractivity contribution >= 4 is 54.8 Å². The number of Topliss-reactive ketones (excluding diaryl/α,β-unsaturated/α-hetero) is 1. The molecule has 9 nitrogen and oxygen atoms in total. The number of anilines is 2. The zero-order valence-electron chi connectivity index (χ0n) is 18.7. The predicted octanol–water partition coefficient (Wildman–Crippen LogP) is 2.82. The maximum atomic E-state index is 12.8. The maximum absolute atomic E-state index is 12.8. The average molecular weight is 510 g/mol. The molecule has 3 heterocycles. The minimum atomic E-state index is -3.71. The molecule has 2 aromatic heterocycles. The molecule has 2 aromatic carbocycles. The molecule has 11 heteroatoms. The van der Waals surface area contributed by atoms with E-state index in [1.807, 2.05) is 36.5 Å². The highest BCUT2D eigenvalue weighted by atomic mass is 32.2. The number of piperazine rings is 1. The van der Waals surface area contributed by atoms with Gasteiger partial charge in [0.1, 0.15) is 0 Å². The molecule has 1 aliphatic rings. The van der Waals surface area contributed by atoms with Crippen LogP contribution in [0.2, 0.25) is 0 Å². The van der Waals surface area contributed by atoms with Crippen LogP contribution in [-0.2, 0) is 26.2 Å². The van der Waals surface area contributed by atoms with E-state index < -0.39 is 21.7 Å². The van der Waals surface area contributed by atoms with Gasteiger partial charge in [-0.15, -0.1) is 11.3 Å². The van der Waals surface area contributed by atoms with Gasteiger partial charge in [-0.05, 0) is 41.8 Å². The number of hydrogen-bond donors (Lipinski definition) is 1. The number of carbonyl (C=O) groups excluding carboxylic acids is 2. The fraction of sp³-hybridized carbons (Fsp3) is 0.208. The molecule has 0 saturated carbocycles. The fourth-order valence-electron chi connectivity index (χ4n) is 4.13. The first-order valence-electron chi connectivity index (χ1n) is 11.0. The SMILES string of the molecule is O=C(Cn1ccc2ccccc21)C(=O)N1CCN(c2ccc(S(=O)(=O)Nc3nccs3)cc2)CC1.